The number of nitrogens with two attached hydrogens (primary N) is 1. The number of primary amides is 1. The van der Waals surface area contributed by atoms with E-state index in [2.05, 4.69) is 17.1 Å². The first-order chi connectivity index (χ1) is 15.7. The van der Waals surface area contributed by atoms with Crippen molar-refractivity contribution in [2.24, 2.45) is 5.73 Å². The van der Waals surface area contributed by atoms with E-state index in [1.165, 1.54) is 39.9 Å². The molecule has 178 valence electrons. The van der Waals surface area contributed by atoms with Gasteiger partial charge < -0.3 is 11.1 Å². The third-order valence-corrected chi connectivity index (χ3v) is 9.39. The Bertz CT molecular complexity index is 1160. The molecule has 2 aromatic rings. The lowest BCUT2D eigenvalue weighted by atomic mass is 10.0. The van der Waals surface area contributed by atoms with Crippen LogP contribution in [0.5, 0.6) is 0 Å². The highest BCUT2D eigenvalue weighted by atomic mass is 35.5. The van der Waals surface area contributed by atoms with E-state index in [9.17, 15) is 18.0 Å². The molecule has 11 heteroatoms. The topological polar surface area (TPSA) is 113 Å². The number of thiophene rings is 1. The van der Waals surface area contributed by atoms with Crippen molar-refractivity contribution in [2.75, 3.05) is 25.0 Å². The largest absolute Gasteiger partial charge is 0.365 e. The second kappa shape index (κ2) is 9.71. The summed E-state index contributed by atoms with van der Waals surface area (Å²) in [6, 6.07) is 5.03. The second-order valence-corrected chi connectivity index (χ2v) is 11.7. The van der Waals surface area contributed by atoms with Crippen molar-refractivity contribution >= 4 is 49.8 Å². The molecule has 4 rings (SSSR count). The van der Waals surface area contributed by atoms with Crippen molar-refractivity contribution in [1.82, 2.24) is 9.21 Å². The van der Waals surface area contributed by atoms with Crippen LogP contribution in [0, 0.1) is 0 Å². The molecule has 2 aliphatic heterocycles. The third-order valence-electron chi connectivity index (χ3n) is 6.09. The summed E-state index contributed by atoms with van der Waals surface area (Å²) < 4.78 is 27.6. The Hall–Kier alpha value is -1.98. The van der Waals surface area contributed by atoms with Crippen LogP contribution >= 0.6 is 22.9 Å². The van der Waals surface area contributed by atoms with Crippen LogP contribution in [0.1, 0.15) is 47.0 Å². The number of nitrogens with zero attached hydrogens (tertiary/aromatic N) is 2. The molecule has 2 aliphatic rings. The Balaban J connectivity index is 1.58. The van der Waals surface area contributed by atoms with Gasteiger partial charge in [0.2, 0.25) is 15.9 Å². The Kier molecular flexibility index (Phi) is 7.11. The van der Waals surface area contributed by atoms with Crippen LogP contribution in [-0.4, -0.2) is 55.1 Å². The molecule has 0 spiro atoms. The van der Waals surface area contributed by atoms with E-state index in [1.807, 2.05) is 0 Å². The van der Waals surface area contributed by atoms with Crippen LogP contribution < -0.4 is 11.1 Å². The Morgan fingerprint density at radius 3 is 2.64 bits per heavy atom. The van der Waals surface area contributed by atoms with Gasteiger partial charge in [0.1, 0.15) is 11.0 Å². The second-order valence-electron chi connectivity index (χ2n) is 8.32. The van der Waals surface area contributed by atoms with Gasteiger partial charge in [0, 0.05) is 29.5 Å². The lowest BCUT2D eigenvalue weighted by Crippen LogP contribution is -2.43. The number of fused-ring (bicyclic) bond motifs is 1. The van der Waals surface area contributed by atoms with Crippen molar-refractivity contribution in [3.63, 3.8) is 0 Å². The summed E-state index contributed by atoms with van der Waals surface area (Å²) in [4.78, 5) is 28.9. The number of carbonyl (C=O) groups is 2. The number of carbonyl (C=O) groups excluding carboxylic acids is 2. The molecule has 33 heavy (non-hydrogen) atoms. The molecule has 0 aliphatic carbocycles. The monoisotopic (exact) mass is 510 g/mol. The predicted molar refractivity (Wildman–Crippen MR) is 129 cm³/mol. The highest BCUT2D eigenvalue weighted by Crippen LogP contribution is 2.38. The number of halogens is 1. The van der Waals surface area contributed by atoms with Gasteiger partial charge in [-0.25, -0.2) is 8.42 Å². The van der Waals surface area contributed by atoms with E-state index in [1.54, 1.807) is 0 Å². The van der Waals surface area contributed by atoms with Crippen molar-refractivity contribution in [3.8, 4) is 0 Å². The molecule has 0 saturated carbocycles. The number of sulfonamides is 1. The van der Waals surface area contributed by atoms with Crippen molar-refractivity contribution in [1.29, 1.82) is 0 Å². The van der Waals surface area contributed by atoms with E-state index in [4.69, 9.17) is 17.3 Å². The van der Waals surface area contributed by atoms with E-state index < -0.39 is 27.9 Å². The number of amides is 2. The fourth-order valence-electron chi connectivity index (χ4n) is 4.54. The van der Waals surface area contributed by atoms with E-state index in [0.717, 1.165) is 30.0 Å². The molecule has 8 nitrogen and oxygen atoms in total. The zero-order valence-corrected chi connectivity index (χ0v) is 20.7. The van der Waals surface area contributed by atoms with Crippen LogP contribution in [-0.2, 0) is 27.8 Å². The maximum atomic E-state index is 13.2. The molecular formula is C22H27ClN4O4S2. The van der Waals surface area contributed by atoms with Gasteiger partial charge in [-0.1, -0.05) is 18.5 Å². The summed E-state index contributed by atoms with van der Waals surface area (Å²) in [7, 11) is -3.87. The summed E-state index contributed by atoms with van der Waals surface area (Å²) in [5, 5.41) is 3.68. The Morgan fingerprint density at radius 2 is 1.97 bits per heavy atom. The molecule has 2 amide bonds. The van der Waals surface area contributed by atoms with Crippen LogP contribution in [0.4, 0.5) is 5.00 Å². The number of nitrogens with one attached hydrogen (secondary N) is 1. The lowest BCUT2D eigenvalue weighted by molar-refractivity contribution is -0.119. The number of hydrogen-bond donors (Lipinski definition) is 2. The zero-order valence-electron chi connectivity index (χ0n) is 18.3. The van der Waals surface area contributed by atoms with E-state index >= 15 is 0 Å². The third kappa shape index (κ3) is 4.81. The quantitative estimate of drug-likeness (QED) is 0.594. The maximum absolute atomic E-state index is 13.2. The average molecular weight is 511 g/mol. The van der Waals surface area contributed by atoms with Crippen LogP contribution in [0.2, 0.25) is 5.02 Å². The molecule has 3 N–H and O–H groups in total. The van der Waals surface area contributed by atoms with Gasteiger partial charge in [-0.2, -0.15) is 4.31 Å². The van der Waals surface area contributed by atoms with Crippen LogP contribution in [0.3, 0.4) is 0 Å². The first-order valence-corrected chi connectivity index (χ1v) is 13.6. The molecule has 1 aromatic heterocycles. The molecule has 0 radical (unpaired) electrons. The van der Waals surface area contributed by atoms with Gasteiger partial charge in [-0.05, 0) is 62.1 Å². The predicted octanol–water partition coefficient (Wildman–Crippen LogP) is 3.06. The molecule has 3 heterocycles. The van der Waals surface area contributed by atoms with E-state index in [0.29, 0.717) is 41.4 Å². The Labute approximate surface area is 202 Å². The number of benzene rings is 1. The summed E-state index contributed by atoms with van der Waals surface area (Å²) in [5.74, 6) is -1.03. The van der Waals surface area contributed by atoms with Gasteiger partial charge in [0.25, 0.3) is 5.91 Å². The summed E-state index contributed by atoms with van der Waals surface area (Å²) in [5.41, 5.74) is 6.92. The minimum atomic E-state index is -3.87. The molecule has 1 atom stereocenters. The fraction of sp³-hybridized carbons (Fsp3) is 0.455. The SMILES string of the molecule is CCCN1CCc2c(sc(NC(=O)C3CCCN3S(=O)(=O)c3ccc(Cl)cc3)c2C(N)=O)C1. The minimum Gasteiger partial charge on any atom is -0.365 e. The Morgan fingerprint density at radius 1 is 1.24 bits per heavy atom. The number of rotatable bonds is 7. The first kappa shape index (κ1) is 24.2. The average Bonchev–Trinajstić information content (AvgIpc) is 3.39. The van der Waals surface area contributed by atoms with Crippen molar-refractivity contribution in [3.05, 3.63) is 45.3 Å². The lowest BCUT2D eigenvalue weighted by Gasteiger charge is -2.26. The summed E-state index contributed by atoms with van der Waals surface area (Å²) >= 11 is 7.25. The normalized spacial score (nSPS) is 19.4. The van der Waals surface area contributed by atoms with Gasteiger partial charge in [0.05, 0.1) is 10.5 Å². The highest BCUT2D eigenvalue weighted by Gasteiger charge is 2.40. The number of anilines is 1. The van der Waals surface area contributed by atoms with Gasteiger partial charge in [-0.15, -0.1) is 11.3 Å². The molecular weight excluding hydrogens is 484 g/mol. The molecule has 1 fully saturated rings. The smallest absolute Gasteiger partial charge is 0.251 e. The summed E-state index contributed by atoms with van der Waals surface area (Å²) in [6.07, 6.45) is 2.70. The van der Waals surface area contributed by atoms with Crippen molar-refractivity contribution in [2.45, 2.75) is 50.1 Å². The van der Waals surface area contributed by atoms with Gasteiger partial charge in [0.15, 0.2) is 0 Å². The molecule has 0 bridgehead atoms. The fourth-order valence-corrected chi connectivity index (χ4v) is 7.62. The van der Waals surface area contributed by atoms with Gasteiger partial charge >= 0.3 is 0 Å². The first-order valence-electron chi connectivity index (χ1n) is 11.0. The standard InChI is InChI=1S/C22H27ClN4O4S2/c1-2-10-26-12-9-16-18(13-26)32-22(19(16)20(24)28)25-21(29)17-4-3-11-27(17)33(30,31)15-7-5-14(23)6-8-15/h5-8,17H,2-4,9-13H2,1H3,(H2,24,28)(H,25,29). The van der Waals surface area contributed by atoms with Crippen molar-refractivity contribution < 1.29 is 18.0 Å². The van der Waals surface area contributed by atoms with E-state index in [-0.39, 0.29) is 11.4 Å². The van der Waals surface area contributed by atoms with Gasteiger partial charge in [-0.3, -0.25) is 14.5 Å². The molecule has 1 aromatic carbocycles. The summed E-state index contributed by atoms with van der Waals surface area (Å²) in [6.45, 7) is 4.88. The molecule has 1 saturated heterocycles. The zero-order chi connectivity index (χ0) is 23.8. The maximum Gasteiger partial charge on any atom is 0.251 e. The molecule has 1 unspecified atom stereocenters. The minimum absolute atomic E-state index is 0.0898. The number of hydrogen-bond acceptors (Lipinski definition) is 6. The van der Waals surface area contributed by atoms with Crippen LogP contribution in [0.25, 0.3) is 0 Å². The highest BCUT2D eigenvalue weighted by molar-refractivity contribution is 7.89. The van der Waals surface area contributed by atoms with Crippen LogP contribution in [0.15, 0.2) is 29.2 Å².